The molecule has 0 saturated heterocycles. The minimum atomic E-state index is -1.66. The molecule has 2 N–H and O–H groups in total. The van der Waals surface area contributed by atoms with Gasteiger partial charge < -0.3 is 15.2 Å². The lowest BCUT2D eigenvalue weighted by molar-refractivity contribution is -0.140. The zero-order valence-electron chi connectivity index (χ0n) is 11.8. The first-order valence-electron chi connectivity index (χ1n) is 6.81. The van der Waals surface area contributed by atoms with Crippen molar-refractivity contribution in [2.45, 2.75) is 17.3 Å². The van der Waals surface area contributed by atoms with Gasteiger partial charge in [-0.1, -0.05) is 48.5 Å². The molecule has 2 aromatic carbocycles. The summed E-state index contributed by atoms with van der Waals surface area (Å²) in [6.07, 6.45) is 0.613. The lowest BCUT2D eigenvalue weighted by Crippen LogP contribution is -2.37. The number of hydrogen-bond acceptors (Lipinski definition) is 3. The van der Waals surface area contributed by atoms with Gasteiger partial charge in [0.1, 0.15) is 6.29 Å². The Morgan fingerprint density at radius 1 is 1.14 bits per heavy atom. The molecule has 0 bridgehead atoms. The maximum atomic E-state index is 11.6. The Labute approximate surface area is 133 Å². The Hall–Kier alpha value is -2.33. The molecule has 0 aliphatic heterocycles. The lowest BCUT2D eigenvalue weighted by atomic mass is 9.91. The average molecular weight is 318 g/mol. The topological polar surface area (TPSA) is 66.4 Å². The molecule has 0 radical (unpaired) electrons. The monoisotopic (exact) mass is 317 g/mol. The Morgan fingerprint density at radius 2 is 1.68 bits per heavy atom. The summed E-state index contributed by atoms with van der Waals surface area (Å²) >= 11 is 6.34. The van der Waals surface area contributed by atoms with Crippen LogP contribution in [-0.4, -0.2) is 23.4 Å². The quantitative estimate of drug-likeness (QED) is 0.607. The van der Waals surface area contributed by atoms with E-state index in [2.05, 4.69) is 5.32 Å². The minimum Gasteiger partial charge on any atom is -0.480 e. The predicted octanol–water partition coefficient (Wildman–Crippen LogP) is 3.28. The summed E-state index contributed by atoms with van der Waals surface area (Å²) in [6.45, 7) is 0. The summed E-state index contributed by atoms with van der Waals surface area (Å²) in [5, 5.41) is 12.5. The molecule has 0 spiro atoms. The zero-order valence-corrected chi connectivity index (χ0v) is 12.5. The molecule has 0 heterocycles. The van der Waals surface area contributed by atoms with Crippen molar-refractivity contribution in [3.63, 3.8) is 0 Å². The predicted molar refractivity (Wildman–Crippen MR) is 86.1 cm³/mol. The highest BCUT2D eigenvalue weighted by molar-refractivity contribution is 6.33. The van der Waals surface area contributed by atoms with Crippen LogP contribution in [0.2, 0.25) is 0 Å². The molecule has 0 aliphatic rings. The third-order valence-electron chi connectivity index (χ3n) is 3.36. The van der Waals surface area contributed by atoms with E-state index in [4.69, 9.17) is 11.6 Å². The molecule has 0 saturated carbocycles. The van der Waals surface area contributed by atoms with Gasteiger partial charge >= 0.3 is 5.97 Å². The van der Waals surface area contributed by atoms with Crippen molar-refractivity contribution in [1.82, 2.24) is 0 Å². The van der Waals surface area contributed by atoms with Crippen molar-refractivity contribution < 1.29 is 14.7 Å². The molecule has 2 unspecified atom stereocenters. The van der Waals surface area contributed by atoms with Gasteiger partial charge in [-0.25, -0.2) is 4.79 Å². The molecule has 5 heteroatoms. The van der Waals surface area contributed by atoms with Crippen molar-refractivity contribution in [3.8, 4) is 0 Å². The van der Waals surface area contributed by atoms with E-state index in [1.807, 2.05) is 18.2 Å². The molecule has 2 rings (SSSR count). The third kappa shape index (κ3) is 3.65. The Kier molecular flexibility index (Phi) is 5.17. The van der Waals surface area contributed by atoms with Crippen LogP contribution >= 0.6 is 11.6 Å². The Balaban J connectivity index is 2.22. The number of anilines is 1. The SMILES string of the molecule is O=CC(CC(Cl)(C(=O)O)c1ccccc1)Nc1ccccc1. The fourth-order valence-electron chi connectivity index (χ4n) is 2.22. The van der Waals surface area contributed by atoms with Crippen LogP contribution in [0.3, 0.4) is 0 Å². The number of aliphatic carboxylic acids is 1. The summed E-state index contributed by atoms with van der Waals surface area (Å²) in [7, 11) is 0. The first kappa shape index (κ1) is 16.0. The van der Waals surface area contributed by atoms with Gasteiger partial charge in [0.2, 0.25) is 0 Å². The van der Waals surface area contributed by atoms with Crippen LogP contribution in [0, 0.1) is 0 Å². The Bertz CT molecular complexity index is 633. The van der Waals surface area contributed by atoms with Gasteiger partial charge in [-0.05, 0) is 17.7 Å². The number of carbonyl (C=O) groups is 2. The summed E-state index contributed by atoms with van der Waals surface area (Å²) in [5.74, 6) is -1.18. The number of para-hydroxylation sites is 1. The molecule has 114 valence electrons. The van der Waals surface area contributed by atoms with Gasteiger partial charge in [-0.3, -0.25) is 0 Å². The fraction of sp³-hybridized carbons (Fsp3) is 0.176. The van der Waals surface area contributed by atoms with Crippen molar-refractivity contribution in [3.05, 3.63) is 66.2 Å². The molecular weight excluding hydrogens is 302 g/mol. The number of carboxylic acid groups (broad SMARTS) is 1. The van der Waals surface area contributed by atoms with Crippen molar-refractivity contribution in [2.24, 2.45) is 0 Å². The van der Waals surface area contributed by atoms with Crippen molar-refractivity contribution in [1.29, 1.82) is 0 Å². The maximum absolute atomic E-state index is 11.6. The molecule has 0 amide bonds. The van der Waals surface area contributed by atoms with E-state index in [-0.39, 0.29) is 6.42 Å². The van der Waals surface area contributed by atoms with Crippen molar-refractivity contribution in [2.75, 3.05) is 5.32 Å². The van der Waals surface area contributed by atoms with Crippen LogP contribution in [0.25, 0.3) is 0 Å². The molecule has 2 aromatic rings. The second-order valence-electron chi connectivity index (χ2n) is 4.93. The van der Waals surface area contributed by atoms with Gasteiger partial charge in [-0.2, -0.15) is 0 Å². The first-order valence-corrected chi connectivity index (χ1v) is 7.19. The second kappa shape index (κ2) is 7.09. The molecule has 0 aliphatic carbocycles. The number of aldehydes is 1. The number of alkyl halides is 1. The molecule has 2 atom stereocenters. The molecule has 0 fully saturated rings. The van der Waals surface area contributed by atoms with Gasteiger partial charge in [0.05, 0.1) is 6.04 Å². The van der Waals surface area contributed by atoms with Crippen LogP contribution in [-0.2, 0) is 14.5 Å². The maximum Gasteiger partial charge on any atom is 0.329 e. The van der Waals surface area contributed by atoms with Gasteiger partial charge in [0, 0.05) is 12.1 Å². The van der Waals surface area contributed by atoms with E-state index >= 15 is 0 Å². The number of hydrogen-bond donors (Lipinski definition) is 2. The highest BCUT2D eigenvalue weighted by Gasteiger charge is 2.40. The standard InChI is InChI=1S/C17H16ClNO3/c18-17(16(21)22,13-7-3-1-4-8-13)11-15(12-20)19-14-9-5-2-6-10-14/h1-10,12,15,19H,11H2,(H,21,22). The smallest absolute Gasteiger partial charge is 0.329 e. The molecular formula is C17H16ClNO3. The molecule has 4 nitrogen and oxygen atoms in total. The Morgan fingerprint density at radius 3 is 2.18 bits per heavy atom. The van der Waals surface area contributed by atoms with E-state index in [0.29, 0.717) is 11.8 Å². The van der Waals surface area contributed by atoms with Gasteiger partial charge in [0.25, 0.3) is 0 Å². The zero-order chi connectivity index (χ0) is 16.0. The average Bonchev–Trinajstić information content (AvgIpc) is 2.55. The van der Waals surface area contributed by atoms with Gasteiger partial charge in [0.15, 0.2) is 4.87 Å². The number of carboxylic acids is 1. The number of rotatable bonds is 7. The van der Waals surface area contributed by atoms with E-state index in [9.17, 15) is 14.7 Å². The van der Waals surface area contributed by atoms with Crippen LogP contribution in [0.4, 0.5) is 5.69 Å². The summed E-state index contributed by atoms with van der Waals surface area (Å²) in [4.78, 5) is 21.3. The van der Waals surface area contributed by atoms with Crippen LogP contribution < -0.4 is 5.32 Å². The number of halogens is 1. The normalized spacial score (nSPS) is 14.6. The van der Waals surface area contributed by atoms with E-state index < -0.39 is 16.9 Å². The number of benzene rings is 2. The summed E-state index contributed by atoms with van der Waals surface area (Å²) in [6, 6.07) is 16.9. The first-order chi connectivity index (χ1) is 10.6. The largest absolute Gasteiger partial charge is 0.480 e. The van der Waals surface area contributed by atoms with Crippen molar-refractivity contribution >= 4 is 29.5 Å². The van der Waals surface area contributed by atoms with E-state index in [1.54, 1.807) is 42.5 Å². The van der Waals surface area contributed by atoms with Crippen LogP contribution in [0.1, 0.15) is 12.0 Å². The second-order valence-corrected chi connectivity index (χ2v) is 5.57. The fourth-order valence-corrected chi connectivity index (χ4v) is 2.51. The highest BCUT2D eigenvalue weighted by Crippen LogP contribution is 2.34. The van der Waals surface area contributed by atoms with Gasteiger partial charge in [-0.15, -0.1) is 11.6 Å². The molecule has 0 aromatic heterocycles. The number of nitrogens with one attached hydrogen (secondary N) is 1. The van der Waals surface area contributed by atoms with E-state index in [1.165, 1.54) is 0 Å². The van der Waals surface area contributed by atoms with E-state index in [0.717, 1.165) is 5.69 Å². The van der Waals surface area contributed by atoms with Crippen LogP contribution in [0.5, 0.6) is 0 Å². The molecule has 22 heavy (non-hydrogen) atoms. The third-order valence-corrected chi connectivity index (χ3v) is 3.90. The summed E-state index contributed by atoms with van der Waals surface area (Å²) in [5.41, 5.74) is 1.18. The highest BCUT2D eigenvalue weighted by atomic mass is 35.5. The lowest BCUT2D eigenvalue weighted by Gasteiger charge is -2.26. The summed E-state index contributed by atoms with van der Waals surface area (Å²) < 4.78 is 0. The van der Waals surface area contributed by atoms with Crippen LogP contribution in [0.15, 0.2) is 60.7 Å². The minimum absolute atomic E-state index is 0.0632. The number of carbonyl (C=O) groups excluding carboxylic acids is 1.